The Hall–Kier alpha value is -3.81. The van der Waals surface area contributed by atoms with Crippen molar-refractivity contribution in [3.05, 3.63) is 60.4 Å². The predicted octanol–water partition coefficient (Wildman–Crippen LogP) is 3.63. The van der Waals surface area contributed by atoms with Crippen LogP contribution < -0.4 is 14.8 Å². The van der Waals surface area contributed by atoms with Crippen LogP contribution in [0.2, 0.25) is 0 Å². The van der Waals surface area contributed by atoms with Crippen molar-refractivity contribution < 1.29 is 23.8 Å². The molecule has 3 aromatic rings. The maximum atomic E-state index is 13.0. The number of benzene rings is 2. The Morgan fingerprint density at radius 3 is 2.44 bits per heavy atom. The van der Waals surface area contributed by atoms with E-state index < -0.39 is 12.1 Å². The topological polar surface area (TPSA) is 91.7 Å². The first-order valence-electron chi connectivity index (χ1n) is 10.3. The van der Waals surface area contributed by atoms with E-state index in [-0.39, 0.29) is 11.6 Å². The van der Waals surface area contributed by atoms with Crippen molar-refractivity contribution in [1.29, 1.82) is 0 Å². The molecule has 0 fully saturated rings. The maximum absolute atomic E-state index is 13.0. The lowest BCUT2D eigenvalue weighted by atomic mass is 10.1. The molecule has 1 unspecified atom stereocenters. The smallest absolute Gasteiger partial charge is 0.360 e. The van der Waals surface area contributed by atoms with Gasteiger partial charge in [-0.1, -0.05) is 31.2 Å². The molecule has 0 saturated heterocycles. The molecule has 1 atom stereocenters. The Kier molecular flexibility index (Phi) is 7.49. The number of rotatable bonds is 9. The maximum Gasteiger partial charge on any atom is 0.360 e. The molecule has 0 aliphatic heterocycles. The van der Waals surface area contributed by atoms with Crippen LogP contribution in [-0.2, 0) is 9.53 Å². The fourth-order valence-electron chi connectivity index (χ4n) is 3.11. The first-order valence-corrected chi connectivity index (χ1v) is 10.3. The van der Waals surface area contributed by atoms with Gasteiger partial charge in [0.25, 0.3) is 5.91 Å². The minimum absolute atomic E-state index is 0.0937. The Balaban J connectivity index is 2.00. The van der Waals surface area contributed by atoms with Crippen LogP contribution in [0.4, 0.5) is 0 Å². The molecule has 0 bridgehead atoms. The lowest BCUT2D eigenvalue weighted by Gasteiger charge is -2.13. The van der Waals surface area contributed by atoms with E-state index in [1.165, 1.54) is 6.92 Å². The summed E-state index contributed by atoms with van der Waals surface area (Å²) in [6.07, 6.45) is 1.58. The third-order valence-corrected chi connectivity index (χ3v) is 4.83. The molecule has 0 aliphatic carbocycles. The lowest BCUT2D eigenvalue weighted by Crippen LogP contribution is -2.36. The van der Waals surface area contributed by atoms with Crippen LogP contribution in [0, 0.1) is 0 Å². The number of carbonyl (C=O) groups excluding carboxylic acids is 2. The van der Waals surface area contributed by atoms with E-state index in [1.54, 1.807) is 37.2 Å². The van der Waals surface area contributed by atoms with Gasteiger partial charge in [-0.15, -0.1) is 0 Å². The molecule has 168 valence electrons. The van der Waals surface area contributed by atoms with Crippen LogP contribution in [0.3, 0.4) is 0 Å². The zero-order valence-corrected chi connectivity index (χ0v) is 18.6. The number of hydrogen-bond acceptors (Lipinski definition) is 6. The molecular weight excluding hydrogens is 410 g/mol. The van der Waals surface area contributed by atoms with Crippen LogP contribution in [0.5, 0.6) is 11.5 Å². The van der Waals surface area contributed by atoms with Gasteiger partial charge in [0.2, 0.25) is 0 Å². The normalized spacial score (nSPS) is 11.5. The predicted molar refractivity (Wildman–Crippen MR) is 120 cm³/mol. The van der Waals surface area contributed by atoms with Crippen LogP contribution >= 0.6 is 0 Å². The number of nitrogens with zero attached hydrogens (tertiary/aromatic N) is 2. The standard InChI is InChI=1S/C24H27N3O5/c1-5-13-25-23(28)16(2)32-24(29)22-19(15-27(26-22)18-9-7-6-8-10-18)17-11-12-20(30-3)21(14-17)31-4/h6-12,14-16H,5,13H2,1-4H3,(H,25,28). The van der Waals surface area contributed by atoms with Crippen molar-refractivity contribution in [1.82, 2.24) is 15.1 Å². The number of methoxy groups -OCH3 is 2. The highest BCUT2D eigenvalue weighted by atomic mass is 16.5. The number of aromatic nitrogens is 2. The van der Waals surface area contributed by atoms with Gasteiger partial charge in [-0.3, -0.25) is 4.79 Å². The molecule has 8 heteroatoms. The summed E-state index contributed by atoms with van der Waals surface area (Å²) in [4.78, 5) is 25.2. The lowest BCUT2D eigenvalue weighted by molar-refractivity contribution is -0.129. The second-order valence-electron chi connectivity index (χ2n) is 7.08. The number of carbonyl (C=O) groups is 2. The largest absolute Gasteiger partial charge is 0.493 e. The molecule has 0 radical (unpaired) electrons. The summed E-state index contributed by atoms with van der Waals surface area (Å²) in [7, 11) is 3.10. The molecule has 1 aromatic heterocycles. The van der Waals surface area contributed by atoms with Gasteiger partial charge in [0.1, 0.15) is 0 Å². The molecule has 1 amide bonds. The summed E-state index contributed by atoms with van der Waals surface area (Å²) in [5.74, 6) is 0.0418. The van der Waals surface area contributed by atoms with Gasteiger partial charge < -0.3 is 19.5 Å². The van der Waals surface area contributed by atoms with Gasteiger partial charge in [-0.05, 0) is 43.2 Å². The van der Waals surface area contributed by atoms with Crippen molar-refractivity contribution in [2.75, 3.05) is 20.8 Å². The number of para-hydroxylation sites is 1. The number of amides is 1. The van der Waals surface area contributed by atoms with Crippen molar-refractivity contribution in [3.63, 3.8) is 0 Å². The van der Waals surface area contributed by atoms with Crippen molar-refractivity contribution >= 4 is 11.9 Å². The molecule has 0 aliphatic rings. The molecule has 3 rings (SSSR count). The Morgan fingerprint density at radius 2 is 1.78 bits per heavy atom. The summed E-state index contributed by atoms with van der Waals surface area (Å²) in [5, 5.41) is 7.19. The minimum Gasteiger partial charge on any atom is -0.493 e. The third-order valence-electron chi connectivity index (χ3n) is 4.83. The highest BCUT2D eigenvalue weighted by Crippen LogP contribution is 2.34. The molecule has 0 spiro atoms. The van der Waals surface area contributed by atoms with Crippen molar-refractivity contribution in [2.45, 2.75) is 26.4 Å². The van der Waals surface area contributed by atoms with E-state index in [4.69, 9.17) is 14.2 Å². The molecule has 1 N–H and O–H groups in total. The summed E-state index contributed by atoms with van der Waals surface area (Å²) < 4.78 is 17.7. The van der Waals surface area contributed by atoms with Crippen molar-refractivity contribution in [2.24, 2.45) is 0 Å². The fraction of sp³-hybridized carbons (Fsp3) is 0.292. The van der Waals surface area contributed by atoms with Crippen LogP contribution in [0.15, 0.2) is 54.7 Å². The minimum atomic E-state index is -0.950. The summed E-state index contributed by atoms with van der Waals surface area (Å²) in [5.41, 5.74) is 2.11. The van der Waals surface area contributed by atoms with Crippen LogP contribution in [-0.4, -0.2) is 48.5 Å². The summed E-state index contributed by atoms with van der Waals surface area (Å²) >= 11 is 0. The van der Waals surface area contributed by atoms with Gasteiger partial charge >= 0.3 is 5.97 Å². The van der Waals surface area contributed by atoms with Gasteiger partial charge in [0.05, 0.1) is 19.9 Å². The number of ether oxygens (including phenoxy) is 3. The quantitative estimate of drug-likeness (QED) is 0.514. The molecule has 2 aromatic carbocycles. The van der Waals surface area contributed by atoms with Gasteiger partial charge in [0, 0.05) is 18.3 Å². The van der Waals surface area contributed by atoms with E-state index >= 15 is 0 Å². The van der Waals surface area contributed by atoms with Gasteiger partial charge in [-0.25, -0.2) is 9.48 Å². The average Bonchev–Trinajstić information content (AvgIpc) is 3.28. The molecule has 32 heavy (non-hydrogen) atoms. The Bertz CT molecular complexity index is 1080. The molecule has 8 nitrogen and oxygen atoms in total. The second-order valence-corrected chi connectivity index (χ2v) is 7.08. The summed E-state index contributed by atoms with van der Waals surface area (Å²) in [6.45, 7) is 4.00. The average molecular weight is 437 g/mol. The van der Waals surface area contributed by atoms with E-state index in [1.807, 2.05) is 43.3 Å². The third kappa shape index (κ3) is 5.08. The van der Waals surface area contributed by atoms with E-state index in [2.05, 4.69) is 10.4 Å². The number of nitrogens with one attached hydrogen (secondary N) is 1. The molecule has 0 saturated carbocycles. The van der Waals surface area contributed by atoms with Crippen LogP contribution in [0.25, 0.3) is 16.8 Å². The Morgan fingerprint density at radius 1 is 1.06 bits per heavy atom. The Labute approximate surface area is 187 Å². The monoisotopic (exact) mass is 437 g/mol. The summed E-state index contributed by atoms with van der Waals surface area (Å²) in [6, 6.07) is 14.7. The zero-order chi connectivity index (χ0) is 23.1. The SMILES string of the molecule is CCCNC(=O)C(C)OC(=O)c1nn(-c2ccccc2)cc1-c1ccc(OC)c(OC)c1. The van der Waals surface area contributed by atoms with E-state index in [0.29, 0.717) is 29.2 Å². The first-order chi connectivity index (χ1) is 15.5. The first kappa shape index (κ1) is 22.9. The number of esters is 1. The van der Waals surface area contributed by atoms with E-state index in [0.717, 1.165) is 12.1 Å². The van der Waals surface area contributed by atoms with Crippen LogP contribution in [0.1, 0.15) is 30.8 Å². The highest BCUT2D eigenvalue weighted by molar-refractivity contribution is 5.97. The van der Waals surface area contributed by atoms with Gasteiger partial charge in [0.15, 0.2) is 23.3 Å². The molecule has 1 heterocycles. The zero-order valence-electron chi connectivity index (χ0n) is 18.6. The fourth-order valence-corrected chi connectivity index (χ4v) is 3.11. The van der Waals surface area contributed by atoms with Gasteiger partial charge in [-0.2, -0.15) is 5.10 Å². The number of hydrogen-bond donors (Lipinski definition) is 1. The second kappa shape index (κ2) is 10.5. The van der Waals surface area contributed by atoms with E-state index in [9.17, 15) is 9.59 Å². The highest BCUT2D eigenvalue weighted by Gasteiger charge is 2.25. The molecular formula is C24H27N3O5. The van der Waals surface area contributed by atoms with Crippen molar-refractivity contribution in [3.8, 4) is 28.3 Å².